The van der Waals surface area contributed by atoms with Crippen molar-refractivity contribution in [2.45, 2.75) is 45.1 Å². The Labute approximate surface area is 205 Å². The van der Waals surface area contributed by atoms with Gasteiger partial charge in [-0.1, -0.05) is 48.0 Å². The van der Waals surface area contributed by atoms with Crippen LogP contribution in [0.3, 0.4) is 0 Å². The van der Waals surface area contributed by atoms with Gasteiger partial charge in [0.15, 0.2) is 0 Å². The molecule has 9 heteroatoms. The first-order valence-electron chi connectivity index (χ1n) is 11.2. The van der Waals surface area contributed by atoms with Gasteiger partial charge in [0.05, 0.1) is 24.6 Å². The van der Waals surface area contributed by atoms with Crippen LogP contribution < -0.4 is 4.74 Å². The molecule has 0 unspecified atom stereocenters. The summed E-state index contributed by atoms with van der Waals surface area (Å²) in [7, 11) is 0. The van der Waals surface area contributed by atoms with Crippen molar-refractivity contribution in [2.75, 3.05) is 0 Å². The van der Waals surface area contributed by atoms with Crippen molar-refractivity contribution in [1.29, 1.82) is 0 Å². The van der Waals surface area contributed by atoms with Crippen molar-refractivity contribution in [2.24, 2.45) is 0 Å². The molecular weight excluding hydrogens is 475 g/mol. The smallest absolute Gasteiger partial charge is 0.416 e. The van der Waals surface area contributed by atoms with Crippen molar-refractivity contribution >= 4 is 12.1 Å². The number of ether oxygens (including phenoxy) is 2. The quantitative estimate of drug-likeness (QED) is 0.401. The number of carbonyl (C=O) groups excluding carboxylic acids is 1. The summed E-state index contributed by atoms with van der Waals surface area (Å²) in [5, 5.41) is 9.06. The van der Waals surface area contributed by atoms with Crippen molar-refractivity contribution < 1.29 is 37.3 Å². The molecule has 36 heavy (non-hydrogen) atoms. The second kappa shape index (κ2) is 9.93. The highest BCUT2D eigenvalue weighted by Gasteiger charge is 2.40. The highest BCUT2D eigenvalue weighted by atomic mass is 19.4. The van der Waals surface area contributed by atoms with Crippen molar-refractivity contribution in [3.63, 3.8) is 0 Å². The van der Waals surface area contributed by atoms with Gasteiger partial charge >= 0.3 is 18.2 Å². The van der Waals surface area contributed by atoms with Gasteiger partial charge in [0.1, 0.15) is 17.6 Å². The van der Waals surface area contributed by atoms with E-state index >= 15 is 0 Å². The van der Waals surface area contributed by atoms with E-state index in [-0.39, 0.29) is 29.6 Å². The molecule has 1 fully saturated rings. The lowest BCUT2D eigenvalue weighted by Crippen LogP contribution is -2.31. The molecule has 0 spiro atoms. The van der Waals surface area contributed by atoms with Crippen LogP contribution in [0.1, 0.15) is 40.8 Å². The fraction of sp³-hybridized carbons (Fsp3) is 0.259. The number of aliphatic carboxylic acids is 1. The minimum atomic E-state index is -4.68. The lowest BCUT2D eigenvalue weighted by atomic mass is 10.0. The molecule has 3 aromatic rings. The highest BCUT2D eigenvalue weighted by molar-refractivity contribution is 5.71. The third-order valence-electron chi connectivity index (χ3n) is 5.95. The molecule has 188 valence electrons. The van der Waals surface area contributed by atoms with Crippen LogP contribution in [0.4, 0.5) is 18.0 Å². The van der Waals surface area contributed by atoms with Crippen LogP contribution in [0.25, 0.3) is 0 Å². The molecule has 0 saturated carbocycles. The summed E-state index contributed by atoms with van der Waals surface area (Å²) in [6.07, 6.45) is -6.23. The largest absolute Gasteiger partial charge is 0.481 e. The summed E-state index contributed by atoms with van der Waals surface area (Å²) in [6.45, 7) is 3.83. The fourth-order valence-electron chi connectivity index (χ4n) is 4.20. The van der Waals surface area contributed by atoms with Gasteiger partial charge < -0.3 is 14.6 Å². The predicted molar refractivity (Wildman–Crippen MR) is 125 cm³/mol. The van der Waals surface area contributed by atoms with Crippen LogP contribution in [0.5, 0.6) is 11.5 Å². The van der Waals surface area contributed by atoms with E-state index in [2.05, 4.69) is 0 Å². The topological polar surface area (TPSA) is 76.1 Å². The molecule has 0 bridgehead atoms. The summed E-state index contributed by atoms with van der Waals surface area (Å²) < 4.78 is 51.7. The summed E-state index contributed by atoms with van der Waals surface area (Å²) in [6, 6.07) is 17.1. The van der Waals surface area contributed by atoms with Gasteiger partial charge in [-0.3, -0.25) is 9.69 Å². The molecule has 3 aromatic carbocycles. The zero-order valence-electron chi connectivity index (χ0n) is 19.6. The molecular formula is C27H24F3NO5. The number of amides is 1. The average molecular weight is 499 g/mol. The van der Waals surface area contributed by atoms with E-state index in [4.69, 9.17) is 14.6 Å². The van der Waals surface area contributed by atoms with E-state index in [1.165, 1.54) is 6.07 Å². The Hall–Kier alpha value is -4.01. The van der Waals surface area contributed by atoms with E-state index in [0.717, 1.165) is 23.3 Å². The minimum absolute atomic E-state index is 0.0385. The van der Waals surface area contributed by atoms with Gasteiger partial charge in [-0.2, -0.15) is 13.2 Å². The molecule has 1 aliphatic rings. The number of aryl methyl sites for hydroxylation is 1. The monoisotopic (exact) mass is 499 g/mol. The van der Waals surface area contributed by atoms with Crippen molar-refractivity contribution in [1.82, 2.24) is 4.90 Å². The van der Waals surface area contributed by atoms with E-state index in [0.29, 0.717) is 5.56 Å². The number of hydrogen-bond acceptors (Lipinski definition) is 4. The number of halogens is 3. The number of rotatable bonds is 7. The first-order valence-corrected chi connectivity index (χ1v) is 11.2. The zero-order valence-corrected chi connectivity index (χ0v) is 19.6. The fourth-order valence-corrected chi connectivity index (χ4v) is 4.20. The second-order valence-corrected chi connectivity index (χ2v) is 8.73. The van der Waals surface area contributed by atoms with Crippen LogP contribution in [-0.2, 0) is 28.7 Å². The normalized spacial score (nSPS) is 17.7. The lowest BCUT2D eigenvalue weighted by molar-refractivity contribution is -0.138. The van der Waals surface area contributed by atoms with Crippen LogP contribution in [0.15, 0.2) is 66.7 Å². The molecule has 6 nitrogen and oxygen atoms in total. The second-order valence-electron chi connectivity index (χ2n) is 8.73. The molecule has 1 saturated heterocycles. The Morgan fingerprint density at radius 2 is 1.81 bits per heavy atom. The highest BCUT2D eigenvalue weighted by Crippen LogP contribution is 2.37. The Bertz CT molecular complexity index is 1280. The van der Waals surface area contributed by atoms with Gasteiger partial charge in [-0.25, -0.2) is 4.79 Å². The SMILES string of the molecule is Cc1ccc(Oc2cc(CC(=O)O)cc(C(F)(F)F)c2)c(CN2C(=O)O[C@H](c3ccccc3)[C@@H]2C)c1. The number of benzene rings is 3. The first-order chi connectivity index (χ1) is 17.0. The number of carboxylic acids is 1. The maximum absolute atomic E-state index is 13.4. The number of hydrogen-bond donors (Lipinski definition) is 1. The Kier molecular flexibility index (Phi) is 6.92. The molecule has 0 aromatic heterocycles. The third kappa shape index (κ3) is 5.62. The van der Waals surface area contributed by atoms with Gasteiger partial charge in [-0.15, -0.1) is 0 Å². The van der Waals surface area contributed by atoms with Gasteiger partial charge in [0.2, 0.25) is 0 Å². The van der Waals surface area contributed by atoms with Crippen LogP contribution in [-0.4, -0.2) is 28.1 Å². The third-order valence-corrected chi connectivity index (χ3v) is 5.95. The molecule has 4 rings (SSSR count). The van der Waals surface area contributed by atoms with Gasteiger partial charge in [0, 0.05) is 5.56 Å². The van der Waals surface area contributed by atoms with Crippen molar-refractivity contribution in [3.8, 4) is 11.5 Å². The Morgan fingerprint density at radius 1 is 1.08 bits per heavy atom. The van der Waals surface area contributed by atoms with Crippen LogP contribution in [0, 0.1) is 6.92 Å². The van der Waals surface area contributed by atoms with E-state index < -0.39 is 36.3 Å². The maximum atomic E-state index is 13.4. The van der Waals surface area contributed by atoms with Crippen LogP contribution in [0.2, 0.25) is 0 Å². The van der Waals surface area contributed by atoms with Crippen molar-refractivity contribution in [3.05, 3.63) is 94.5 Å². The minimum Gasteiger partial charge on any atom is -0.481 e. The molecule has 0 aliphatic carbocycles. The van der Waals surface area contributed by atoms with Gasteiger partial charge in [-0.05, 0) is 49.2 Å². The number of nitrogens with zero attached hydrogens (tertiary/aromatic N) is 1. The standard InChI is InChI=1S/C27H24F3NO5/c1-16-8-9-23(35-22-12-18(13-24(32)33)11-21(14-22)27(28,29)30)20(10-16)15-31-17(2)25(36-26(31)34)19-6-4-3-5-7-19/h3-12,14,17,25H,13,15H2,1-2H3,(H,32,33)/t17-,25-/m0/s1. The summed E-state index contributed by atoms with van der Waals surface area (Å²) in [5.74, 6) is -1.15. The number of alkyl halides is 3. The lowest BCUT2D eigenvalue weighted by Gasteiger charge is -2.23. The number of carboxylic acid groups (broad SMARTS) is 1. The summed E-state index contributed by atoms with van der Waals surface area (Å²) in [4.78, 5) is 25.4. The Balaban J connectivity index is 1.63. The molecule has 1 amide bonds. The molecule has 1 N–H and O–H groups in total. The van der Waals surface area contributed by atoms with Crippen LogP contribution >= 0.6 is 0 Å². The summed E-state index contributed by atoms with van der Waals surface area (Å²) in [5.41, 5.74) is 1.25. The number of carbonyl (C=O) groups is 2. The van der Waals surface area contributed by atoms with E-state index in [9.17, 15) is 22.8 Å². The zero-order chi connectivity index (χ0) is 26.0. The summed E-state index contributed by atoms with van der Waals surface area (Å²) >= 11 is 0. The Morgan fingerprint density at radius 3 is 2.47 bits per heavy atom. The number of cyclic esters (lactones) is 1. The maximum Gasteiger partial charge on any atom is 0.416 e. The van der Waals surface area contributed by atoms with E-state index in [1.54, 1.807) is 23.1 Å². The first kappa shape index (κ1) is 25.1. The molecule has 1 heterocycles. The molecule has 1 aliphatic heterocycles. The van der Waals surface area contributed by atoms with Gasteiger partial charge in [0.25, 0.3) is 0 Å². The molecule has 2 atom stereocenters. The molecule has 0 radical (unpaired) electrons. The van der Waals surface area contributed by atoms with E-state index in [1.807, 2.05) is 44.2 Å². The average Bonchev–Trinajstić information content (AvgIpc) is 3.08. The predicted octanol–water partition coefficient (Wildman–Crippen LogP) is 6.52.